The lowest BCUT2D eigenvalue weighted by molar-refractivity contribution is -0.138. The van der Waals surface area contributed by atoms with Crippen LogP contribution in [0.25, 0.3) is 0 Å². The van der Waals surface area contributed by atoms with Crippen LogP contribution in [0.1, 0.15) is 25.7 Å². The lowest BCUT2D eigenvalue weighted by Crippen LogP contribution is -2.50. The van der Waals surface area contributed by atoms with Gasteiger partial charge in [-0.15, -0.1) is 6.58 Å². The molecular weight excluding hydrogens is 432 g/mol. The van der Waals surface area contributed by atoms with Crippen molar-refractivity contribution in [2.24, 2.45) is 13.0 Å². The summed E-state index contributed by atoms with van der Waals surface area (Å²) >= 11 is 0. The summed E-state index contributed by atoms with van der Waals surface area (Å²) < 4.78 is 29.0. The van der Waals surface area contributed by atoms with E-state index in [1.54, 1.807) is 11.6 Å². The largest absolute Gasteiger partial charge is 0.356 e. The molecule has 2 aliphatic rings. The van der Waals surface area contributed by atoms with Gasteiger partial charge in [-0.2, -0.15) is 4.31 Å². The van der Waals surface area contributed by atoms with Crippen molar-refractivity contribution in [3.63, 3.8) is 0 Å². The molecule has 2 saturated heterocycles. The van der Waals surface area contributed by atoms with Crippen molar-refractivity contribution in [3.05, 3.63) is 25.2 Å². The first kappa shape index (κ1) is 24.4. The van der Waals surface area contributed by atoms with E-state index < -0.39 is 10.0 Å². The number of aryl methyl sites for hydroxylation is 1. The maximum absolute atomic E-state index is 13.2. The van der Waals surface area contributed by atoms with Crippen LogP contribution in [0.4, 0.5) is 0 Å². The van der Waals surface area contributed by atoms with Crippen LogP contribution in [0.5, 0.6) is 0 Å². The van der Waals surface area contributed by atoms with Gasteiger partial charge in [-0.25, -0.2) is 13.4 Å². The number of amides is 2. The number of piperazine rings is 1. The molecule has 0 aromatic carbocycles. The van der Waals surface area contributed by atoms with Crippen LogP contribution in [0, 0.1) is 5.92 Å². The van der Waals surface area contributed by atoms with Crippen LogP contribution in [-0.4, -0.2) is 96.2 Å². The Hall–Kier alpha value is -2.24. The van der Waals surface area contributed by atoms with Crippen molar-refractivity contribution >= 4 is 21.8 Å². The zero-order valence-electron chi connectivity index (χ0n) is 18.8. The molecule has 1 atom stereocenters. The summed E-state index contributed by atoms with van der Waals surface area (Å²) in [5, 5.41) is 2.81. The summed E-state index contributed by atoms with van der Waals surface area (Å²) in [5.41, 5.74) is 0. The quantitative estimate of drug-likeness (QED) is 0.615. The van der Waals surface area contributed by atoms with Gasteiger partial charge >= 0.3 is 0 Å². The Morgan fingerprint density at radius 2 is 1.97 bits per heavy atom. The van der Waals surface area contributed by atoms with E-state index in [4.69, 9.17) is 0 Å². The normalized spacial score (nSPS) is 22.7. The molecule has 3 rings (SSSR count). The Bertz CT molecular complexity index is 907. The molecule has 1 aromatic heterocycles. The number of nitrogens with one attached hydrogen (secondary N) is 1. The Morgan fingerprint density at radius 1 is 1.22 bits per heavy atom. The minimum absolute atomic E-state index is 0.0275. The Morgan fingerprint density at radius 3 is 2.62 bits per heavy atom. The number of aromatic nitrogens is 2. The standard InChI is InChI=1S/C21H34N6O4S/c1-3-9-25-12-14-26(15-13-25)21(29)18-5-4-10-27(11-7-19(28)22-8-6-18)32(30,31)20-16-24(2)17-23-20/h3,16-18H,1,4-15H2,2H3,(H,22,28). The fourth-order valence-corrected chi connectivity index (χ4v) is 5.65. The highest BCUT2D eigenvalue weighted by molar-refractivity contribution is 7.89. The number of hydrogen-bond donors (Lipinski definition) is 1. The highest BCUT2D eigenvalue weighted by Crippen LogP contribution is 2.20. The average Bonchev–Trinajstić information content (AvgIpc) is 3.20. The van der Waals surface area contributed by atoms with Gasteiger partial charge in [0.1, 0.15) is 0 Å². The van der Waals surface area contributed by atoms with Gasteiger partial charge in [-0.3, -0.25) is 14.5 Å². The van der Waals surface area contributed by atoms with Gasteiger partial charge in [-0.1, -0.05) is 6.08 Å². The molecule has 32 heavy (non-hydrogen) atoms. The molecule has 10 nitrogen and oxygen atoms in total. The first-order chi connectivity index (χ1) is 15.3. The lowest BCUT2D eigenvalue weighted by atomic mass is 9.97. The van der Waals surface area contributed by atoms with Gasteiger partial charge in [0.2, 0.25) is 11.8 Å². The maximum atomic E-state index is 13.2. The van der Waals surface area contributed by atoms with E-state index in [0.717, 1.165) is 19.6 Å². The molecule has 1 aromatic rings. The van der Waals surface area contributed by atoms with Crippen molar-refractivity contribution in [3.8, 4) is 0 Å². The molecule has 11 heteroatoms. The molecule has 0 saturated carbocycles. The Labute approximate surface area is 190 Å². The lowest BCUT2D eigenvalue weighted by Gasteiger charge is -2.36. The smallest absolute Gasteiger partial charge is 0.262 e. The molecule has 3 heterocycles. The minimum atomic E-state index is -3.80. The van der Waals surface area contributed by atoms with Gasteiger partial charge in [0.05, 0.1) is 6.33 Å². The predicted molar refractivity (Wildman–Crippen MR) is 120 cm³/mol. The van der Waals surface area contributed by atoms with Crippen molar-refractivity contribution < 1.29 is 18.0 Å². The molecule has 0 bridgehead atoms. The summed E-state index contributed by atoms with van der Waals surface area (Å²) in [7, 11) is -2.09. The van der Waals surface area contributed by atoms with Gasteiger partial charge in [-0.05, 0) is 19.3 Å². The number of imidazole rings is 1. The van der Waals surface area contributed by atoms with E-state index in [2.05, 4.69) is 21.8 Å². The summed E-state index contributed by atoms with van der Waals surface area (Å²) in [6.45, 7) is 8.33. The third kappa shape index (κ3) is 6.17. The Kier molecular flexibility index (Phi) is 8.44. The van der Waals surface area contributed by atoms with E-state index in [9.17, 15) is 18.0 Å². The monoisotopic (exact) mass is 466 g/mol. The minimum Gasteiger partial charge on any atom is -0.356 e. The van der Waals surface area contributed by atoms with Crippen LogP contribution in [0.3, 0.4) is 0 Å². The van der Waals surface area contributed by atoms with Crippen LogP contribution in [-0.2, 0) is 26.7 Å². The summed E-state index contributed by atoms with van der Waals surface area (Å²) in [4.78, 5) is 33.6. The van der Waals surface area contributed by atoms with Crippen molar-refractivity contribution in [2.75, 3.05) is 52.4 Å². The second kappa shape index (κ2) is 11.1. The second-order valence-electron chi connectivity index (χ2n) is 8.42. The van der Waals surface area contributed by atoms with Crippen LogP contribution in [0.15, 0.2) is 30.2 Å². The van der Waals surface area contributed by atoms with Crippen LogP contribution < -0.4 is 5.32 Å². The second-order valence-corrected chi connectivity index (χ2v) is 10.3. The molecule has 2 fully saturated rings. The molecule has 178 valence electrons. The average molecular weight is 467 g/mol. The SMILES string of the molecule is C=CCN1CCN(C(=O)C2CCCN(S(=O)(=O)c3cn(C)cn3)CCC(=O)NCC2)CC1. The third-order valence-corrected chi connectivity index (χ3v) is 7.85. The fraction of sp³-hybridized carbons (Fsp3) is 0.667. The van der Waals surface area contributed by atoms with Crippen LogP contribution >= 0.6 is 0 Å². The number of carbonyl (C=O) groups excluding carboxylic acids is 2. The summed E-state index contributed by atoms with van der Waals surface area (Å²) in [6, 6.07) is 0. The van der Waals surface area contributed by atoms with Gasteiger partial charge in [0, 0.05) is 77.9 Å². The molecule has 2 amide bonds. The number of rotatable bonds is 5. The van der Waals surface area contributed by atoms with Crippen LogP contribution in [0.2, 0.25) is 0 Å². The van der Waals surface area contributed by atoms with Gasteiger partial charge < -0.3 is 14.8 Å². The van der Waals surface area contributed by atoms with E-state index in [1.807, 2.05) is 11.0 Å². The molecule has 2 aliphatic heterocycles. The summed E-state index contributed by atoms with van der Waals surface area (Å²) in [5.74, 6) is -0.355. The first-order valence-corrected chi connectivity index (χ1v) is 12.6. The number of sulfonamides is 1. The van der Waals surface area contributed by atoms with E-state index in [-0.39, 0.29) is 42.3 Å². The van der Waals surface area contributed by atoms with E-state index >= 15 is 0 Å². The number of carbonyl (C=O) groups is 2. The predicted octanol–water partition coefficient (Wildman–Crippen LogP) is 0.0474. The summed E-state index contributed by atoms with van der Waals surface area (Å²) in [6.07, 6.45) is 6.53. The zero-order chi connectivity index (χ0) is 23.1. The van der Waals surface area contributed by atoms with E-state index in [1.165, 1.54) is 16.8 Å². The molecular formula is C21H34N6O4S. The number of hydrogen-bond acceptors (Lipinski definition) is 6. The molecule has 0 radical (unpaired) electrons. The van der Waals surface area contributed by atoms with E-state index in [0.29, 0.717) is 38.9 Å². The Balaban J connectivity index is 1.66. The fourth-order valence-electron chi connectivity index (χ4n) is 4.20. The first-order valence-electron chi connectivity index (χ1n) is 11.2. The third-order valence-electron chi connectivity index (χ3n) is 6.07. The number of nitrogens with zero attached hydrogens (tertiary/aromatic N) is 5. The highest BCUT2D eigenvalue weighted by atomic mass is 32.2. The van der Waals surface area contributed by atoms with Gasteiger partial charge in [0.15, 0.2) is 5.03 Å². The maximum Gasteiger partial charge on any atom is 0.262 e. The van der Waals surface area contributed by atoms with Crippen molar-refractivity contribution in [1.82, 2.24) is 29.0 Å². The highest BCUT2D eigenvalue weighted by Gasteiger charge is 2.30. The van der Waals surface area contributed by atoms with Crippen molar-refractivity contribution in [2.45, 2.75) is 30.7 Å². The zero-order valence-corrected chi connectivity index (χ0v) is 19.6. The molecule has 1 N–H and O–H groups in total. The van der Waals surface area contributed by atoms with Crippen molar-refractivity contribution in [1.29, 1.82) is 0 Å². The molecule has 1 unspecified atom stereocenters. The molecule has 0 aliphatic carbocycles. The molecule has 0 spiro atoms. The topological polar surface area (TPSA) is 108 Å². The van der Waals surface area contributed by atoms with Gasteiger partial charge in [0.25, 0.3) is 10.0 Å².